The van der Waals surface area contributed by atoms with Gasteiger partial charge in [-0.15, -0.1) is 0 Å². The first-order chi connectivity index (χ1) is 11.1. The lowest BCUT2D eigenvalue weighted by Crippen LogP contribution is -2.49. The molecule has 1 aliphatic carbocycles. The molecule has 0 aromatic carbocycles. The van der Waals surface area contributed by atoms with Gasteiger partial charge in [0.15, 0.2) is 0 Å². The quantitative estimate of drug-likeness (QED) is 0.789. The van der Waals surface area contributed by atoms with Gasteiger partial charge in [0.25, 0.3) is 0 Å². The third kappa shape index (κ3) is 4.34. The summed E-state index contributed by atoms with van der Waals surface area (Å²) < 4.78 is 0. The van der Waals surface area contributed by atoms with Crippen molar-refractivity contribution in [1.29, 1.82) is 0 Å². The van der Waals surface area contributed by atoms with Crippen LogP contribution in [0.4, 0.5) is 10.6 Å². The van der Waals surface area contributed by atoms with Crippen molar-refractivity contribution in [3.63, 3.8) is 0 Å². The first-order valence-electron chi connectivity index (χ1n) is 8.57. The van der Waals surface area contributed by atoms with Gasteiger partial charge in [-0.1, -0.05) is 25.3 Å². The van der Waals surface area contributed by atoms with Gasteiger partial charge in [0.05, 0.1) is 5.60 Å². The number of hydrogen-bond acceptors (Lipinski definition) is 4. The molecule has 2 amide bonds. The minimum absolute atomic E-state index is 0.123. The van der Waals surface area contributed by atoms with Gasteiger partial charge >= 0.3 is 6.03 Å². The highest BCUT2D eigenvalue weighted by atomic mass is 16.3. The van der Waals surface area contributed by atoms with Crippen LogP contribution in [0.1, 0.15) is 38.5 Å². The lowest BCUT2D eigenvalue weighted by molar-refractivity contribution is 0.00714. The standard InChI is InChI=1S/C17H26N4O2/c22-16(19-13-17(23)8-3-1-4-9-17)20-14-7-11-21(12-14)15-6-2-5-10-18-15/h2,5-6,10,14,23H,1,3-4,7-9,11-13H2,(H2,19,20,22). The van der Waals surface area contributed by atoms with E-state index in [0.717, 1.165) is 51.0 Å². The van der Waals surface area contributed by atoms with Gasteiger partial charge in [-0.05, 0) is 31.4 Å². The molecule has 1 atom stereocenters. The average Bonchev–Trinajstić information content (AvgIpc) is 3.03. The minimum atomic E-state index is -0.717. The number of nitrogens with one attached hydrogen (secondary N) is 2. The maximum absolute atomic E-state index is 12.1. The number of amides is 2. The first-order valence-corrected chi connectivity index (χ1v) is 8.57. The van der Waals surface area contributed by atoms with Crippen molar-refractivity contribution in [1.82, 2.24) is 15.6 Å². The zero-order valence-electron chi connectivity index (χ0n) is 13.5. The Hall–Kier alpha value is -1.82. The number of carbonyl (C=O) groups is 1. The second-order valence-electron chi connectivity index (χ2n) is 6.73. The van der Waals surface area contributed by atoms with E-state index in [2.05, 4.69) is 20.5 Å². The van der Waals surface area contributed by atoms with Gasteiger partial charge in [-0.2, -0.15) is 0 Å². The lowest BCUT2D eigenvalue weighted by atomic mass is 9.85. The molecule has 126 valence electrons. The van der Waals surface area contributed by atoms with E-state index in [-0.39, 0.29) is 12.1 Å². The maximum Gasteiger partial charge on any atom is 0.315 e. The fourth-order valence-electron chi connectivity index (χ4n) is 3.49. The lowest BCUT2D eigenvalue weighted by Gasteiger charge is -2.32. The van der Waals surface area contributed by atoms with Crippen LogP contribution in [0.15, 0.2) is 24.4 Å². The second-order valence-corrected chi connectivity index (χ2v) is 6.73. The highest BCUT2D eigenvalue weighted by Gasteiger charge is 2.30. The van der Waals surface area contributed by atoms with Crippen molar-refractivity contribution in [2.24, 2.45) is 0 Å². The zero-order chi connectivity index (χ0) is 16.1. The van der Waals surface area contributed by atoms with Crippen LogP contribution in [-0.4, -0.2) is 47.4 Å². The topological polar surface area (TPSA) is 77.5 Å². The number of hydrogen-bond donors (Lipinski definition) is 3. The number of carbonyl (C=O) groups excluding carboxylic acids is 1. The molecule has 1 aliphatic heterocycles. The Kier molecular flexibility index (Phi) is 5.00. The van der Waals surface area contributed by atoms with Crippen LogP contribution in [0.2, 0.25) is 0 Å². The number of aliphatic hydroxyl groups is 1. The SMILES string of the molecule is O=C(NCC1(O)CCCCC1)NC1CCN(c2ccccn2)C1. The molecule has 6 heteroatoms. The molecule has 0 spiro atoms. The summed E-state index contributed by atoms with van der Waals surface area (Å²) >= 11 is 0. The minimum Gasteiger partial charge on any atom is -0.388 e. The third-order valence-electron chi connectivity index (χ3n) is 4.86. The van der Waals surface area contributed by atoms with E-state index in [1.165, 1.54) is 6.42 Å². The molecule has 6 nitrogen and oxygen atoms in total. The Morgan fingerprint density at radius 2 is 2.17 bits per heavy atom. The van der Waals surface area contributed by atoms with Crippen LogP contribution in [0.3, 0.4) is 0 Å². The molecule has 2 heterocycles. The molecular weight excluding hydrogens is 292 g/mol. The zero-order valence-corrected chi connectivity index (χ0v) is 13.5. The Bertz CT molecular complexity index is 517. The van der Waals surface area contributed by atoms with Crippen LogP contribution >= 0.6 is 0 Å². The van der Waals surface area contributed by atoms with Gasteiger partial charge in [0.1, 0.15) is 5.82 Å². The van der Waals surface area contributed by atoms with E-state index in [4.69, 9.17) is 0 Å². The third-order valence-corrected chi connectivity index (χ3v) is 4.86. The molecule has 2 aliphatic rings. The number of aromatic nitrogens is 1. The van der Waals surface area contributed by atoms with Gasteiger partial charge in [-0.25, -0.2) is 9.78 Å². The highest BCUT2D eigenvalue weighted by molar-refractivity contribution is 5.74. The Labute approximate surface area is 137 Å². The molecule has 1 unspecified atom stereocenters. The summed E-state index contributed by atoms with van der Waals surface area (Å²) in [5, 5.41) is 16.3. The molecule has 3 rings (SSSR count). The largest absolute Gasteiger partial charge is 0.388 e. The van der Waals surface area contributed by atoms with Crippen LogP contribution in [-0.2, 0) is 0 Å². The van der Waals surface area contributed by atoms with Crippen molar-refractivity contribution in [3.05, 3.63) is 24.4 Å². The van der Waals surface area contributed by atoms with Gasteiger partial charge in [-0.3, -0.25) is 0 Å². The second kappa shape index (κ2) is 7.17. The van der Waals surface area contributed by atoms with E-state index in [0.29, 0.717) is 6.54 Å². The average molecular weight is 318 g/mol. The van der Waals surface area contributed by atoms with Crippen LogP contribution in [0, 0.1) is 0 Å². The summed E-state index contributed by atoms with van der Waals surface area (Å²) in [6.07, 6.45) is 7.53. The van der Waals surface area contributed by atoms with E-state index in [1.54, 1.807) is 6.20 Å². The van der Waals surface area contributed by atoms with Crippen molar-refractivity contribution < 1.29 is 9.90 Å². The summed E-state index contributed by atoms with van der Waals surface area (Å²) in [5.41, 5.74) is -0.717. The van der Waals surface area contributed by atoms with Gasteiger partial charge in [0, 0.05) is 31.9 Å². The summed E-state index contributed by atoms with van der Waals surface area (Å²) in [5.74, 6) is 0.953. The van der Waals surface area contributed by atoms with E-state index < -0.39 is 5.60 Å². The molecular formula is C17H26N4O2. The molecule has 0 bridgehead atoms. The van der Waals surface area contributed by atoms with E-state index >= 15 is 0 Å². The molecule has 1 saturated carbocycles. The first kappa shape index (κ1) is 16.1. The highest BCUT2D eigenvalue weighted by Crippen LogP contribution is 2.27. The normalized spacial score (nSPS) is 23.5. The summed E-state index contributed by atoms with van der Waals surface area (Å²) in [4.78, 5) is 18.6. The van der Waals surface area contributed by atoms with Crippen LogP contribution < -0.4 is 15.5 Å². The number of nitrogens with zero attached hydrogens (tertiary/aromatic N) is 2. The van der Waals surface area contributed by atoms with Crippen LogP contribution in [0.25, 0.3) is 0 Å². The summed E-state index contributed by atoms with van der Waals surface area (Å²) in [6.45, 7) is 2.01. The van der Waals surface area contributed by atoms with Gasteiger partial charge < -0.3 is 20.6 Å². The predicted octanol–water partition coefficient (Wildman–Crippen LogP) is 1.65. The van der Waals surface area contributed by atoms with Crippen molar-refractivity contribution in [2.75, 3.05) is 24.5 Å². The van der Waals surface area contributed by atoms with Gasteiger partial charge in [0.2, 0.25) is 0 Å². The Morgan fingerprint density at radius 1 is 1.35 bits per heavy atom. The van der Waals surface area contributed by atoms with E-state index in [1.807, 2.05) is 18.2 Å². The number of urea groups is 1. The van der Waals surface area contributed by atoms with Crippen molar-refractivity contribution in [2.45, 2.75) is 50.2 Å². The summed E-state index contributed by atoms with van der Waals surface area (Å²) in [6, 6.07) is 5.80. The molecule has 0 radical (unpaired) electrons. The Balaban J connectivity index is 1.42. The molecule has 1 saturated heterocycles. The molecule has 2 fully saturated rings. The molecule has 3 N–H and O–H groups in total. The van der Waals surface area contributed by atoms with Crippen molar-refractivity contribution in [3.8, 4) is 0 Å². The fourth-order valence-corrected chi connectivity index (χ4v) is 3.49. The van der Waals surface area contributed by atoms with E-state index in [9.17, 15) is 9.90 Å². The monoisotopic (exact) mass is 318 g/mol. The summed E-state index contributed by atoms with van der Waals surface area (Å²) in [7, 11) is 0. The number of pyridine rings is 1. The number of anilines is 1. The molecule has 1 aromatic heterocycles. The molecule has 1 aromatic rings. The molecule has 23 heavy (non-hydrogen) atoms. The predicted molar refractivity (Wildman–Crippen MR) is 89.4 cm³/mol. The Morgan fingerprint density at radius 3 is 2.91 bits per heavy atom. The van der Waals surface area contributed by atoms with Crippen molar-refractivity contribution >= 4 is 11.8 Å². The smallest absolute Gasteiger partial charge is 0.315 e. The van der Waals surface area contributed by atoms with Crippen LogP contribution in [0.5, 0.6) is 0 Å². The maximum atomic E-state index is 12.1. The number of rotatable bonds is 4. The fraction of sp³-hybridized carbons (Fsp3) is 0.647.